The molecule has 0 saturated heterocycles. The number of benzene rings is 2. The fourth-order valence-corrected chi connectivity index (χ4v) is 6.80. The monoisotopic (exact) mass is 688 g/mol. The molecule has 0 bridgehead atoms. The molecule has 1 amide bonds. The predicted octanol–water partition coefficient (Wildman–Crippen LogP) is 5.42. The van der Waals surface area contributed by atoms with Crippen molar-refractivity contribution in [2.24, 2.45) is 16.8 Å². The molecule has 11 heteroatoms. The molecule has 0 spiro atoms. The van der Waals surface area contributed by atoms with E-state index in [1.807, 2.05) is 30.3 Å². The average molecular weight is 690 g/mol. The lowest BCUT2D eigenvalue weighted by Crippen LogP contribution is -2.57. The van der Waals surface area contributed by atoms with Crippen LogP contribution in [-0.2, 0) is 29.2 Å². The zero-order valence-electron chi connectivity index (χ0n) is 27.6. The molecule has 2 aromatic rings. The molecule has 0 radical (unpaired) electrons. The van der Waals surface area contributed by atoms with Crippen LogP contribution >= 0.6 is 23.2 Å². The van der Waals surface area contributed by atoms with E-state index in [1.54, 1.807) is 57.2 Å². The summed E-state index contributed by atoms with van der Waals surface area (Å²) in [6.45, 7) is 4.45. The maximum atomic E-state index is 14.7. The number of nitrogens with zero attached hydrogens (tertiary/aromatic N) is 2. The van der Waals surface area contributed by atoms with Crippen LogP contribution < -0.4 is 0 Å². The van der Waals surface area contributed by atoms with Gasteiger partial charge in [0.05, 0.1) is 43.2 Å². The molecule has 1 aliphatic heterocycles. The molecule has 2 fully saturated rings. The third-order valence-corrected chi connectivity index (χ3v) is 9.99. The predicted molar refractivity (Wildman–Crippen MR) is 182 cm³/mol. The highest BCUT2D eigenvalue weighted by Gasteiger charge is 2.58. The Kier molecular flexibility index (Phi) is 11.2. The number of aliphatic hydroxyl groups is 2. The van der Waals surface area contributed by atoms with Crippen molar-refractivity contribution in [3.8, 4) is 0 Å². The molecule has 2 aromatic carbocycles. The fraction of sp³-hybridized carbons (Fsp3) is 0.556. The Hall–Kier alpha value is -2.34. The molecule has 2 N–H and O–H groups in total. The van der Waals surface area contributed by atoms with E-state index in [2.05, 4.69) is 0 Å². The highest BCUT2D eigenvalue weighted by molar-refractivity contribution is 6.30. The summed E-state index contributed by atoms with van der Waals surface area (Å²) in [5.74, 6) is -1.89. The SMILES string of the molecule is COCCOC1(OCCOC)N=CC(C(=O)N(CC(C)(O)C2CC2)CC(C)(O)C2CC2)=CC1(c1ccc(Cl)cc1)c1ccc(Cl)cc1. The van der Waals surface area contributed by atoms with Gasteiger partial charge in [-0.1, -0.05) is 47.5 Å². The molecule has 2 unspecified atom stereocenters. The number of dihydropyridines is 1. The van der Waals surface area contributed by atoms with Crippen LogP contribution in [0.1, 0.15) is 50.7 Å². The van der Waals surface area contributed by atoms with Gasteiger partial charge in [-0.2, -0.15) is 0 Å². The Balaban J connectivity index is 1.69. The highest BCUT2D eigenvalue weighted by Crippen LogP contribution is 2.50. The first-order valence-corrected chi connectivity index (χ1v) is 16.9. The molecule has 3 aliphatic rings. The quantitative estimate of drug-likeness (QED) is 0.169. The molecule has 2 atom stereocenters. The van der Waals surface area contributed by atoms with Crippen LogP contribution in [0.3, 0.4) is 0 Å². The summed E-state index contributed by atoms with van der Waals surface area (Å²) in [5.41, 5.74) is -1.91. The average Bonchev–Trinajstić information content (AvgIpc) is 3.94. The number of aliphatic imine (C=N–C) groups is 1. The van der Waals surface area contributed by atoms with Gasteiger partial charge in [0.15, 0.2) is 0 Å². The first-order chi connectivity index (χ1) is 22.4. The van der Waals surface area contributed by atoms with Gasteiger partial charge < -0.3 is 34.1 Å². The van der Waals surface area contributed by atoms with Crippen LogP contribution in [-0.4, -0.2) is 98.1 Å². The van der Waals surface area contributed by atoms with E-state index in [0.717, 1.165) is 25.7 Å². The lowest BCUT2D eigenvalue weighted by atomic mass is 9.68. The van der Waals surface area contributed by atoms with E-state index in [9.17, 15) is 15.0 Å². The standard InChI is InChI=1S/C36H46Cl2N2O7/c1-33(42,26-5-6-26)23-40(24-34(2,43)27-7-8-27)32(41)25-21-35(28-9-13-30(37)14-10-28,29-11-15-31(38)16-12-29)36(39-22-25,46-19-17-44-3)47-20-18-45-4/h9-16,21-22,26-27,42-43H,5-8,17-20,23-24H2,1-4H3. The molecule has 47 heavy (non-hydrogen) atoms. The smallest absolute Gasteiger partial charge is 0.287 e. The number of carbonyl (C=O) groups excluding carboxylic acids is 1. The highest BCUT2D eigenvalue weighted by atomic mass is 35.5. The van der Waals surface area contributed by atoms with E-state index in [0.29, 0.717) is 21.2 Å². The van der Waals surface area contributed by atoms with Crippen molar-refractivity contribution in [2.75, 3.05) is 53.7 Å². The number of methoxy groups -OCH3 is 2. The van der Waals surface area contributed by atoms with Gasteiger partial charge in [-0.25, -0.2) is 4.99 Å². The molecule has 0 aromatic heterocycles. The van der Waals surface area contributed by atoms with E-state index in [1.165, 1.54) is 6.21 Å². The van der Waals surface area contributed by atoms with Gasteiger partial charge in [0.2, 0.25) is 0 Å². The van der Waals surface area contributed by atoms with Crippen molar-refractivity contribution >= 4 is 35.3 Å². The van der Waals surface area contributed by atoms with Gasteiger partial charge in [-0.3, -0.25) is 4.79 Å². The van der Waals surface area contributed by atoms with Crippen molar-refractivity contribution in [2.45, 2.75) is 62.1 Å². The second kappa shape index (κ2) is 14.6. The summed E-state index contributed by atoms with van der Waals surface area (Å²) in [7, 11) is 3.16. The topological polar surface area (TPSA) is 110 Å². The summed E-state index contributed by atoms with van der Waals surface area (Å²) >= 11 is 12.8. The molecule has 2 aliphatic carbocycles. The van der Waals surface area contributed by atoms with Crippen molar-refractivity contribution in [1.29, 1.82) is 0 Å². The summed E-state index contributed by atoms with van der Waals surface area (Å²) < 4.78 is 23.8. The molecule has 256 valence electrons. The molecule has 9 nitrogen and oxygen atoms in total. The zero-order chi connectivity index (χ0) is 33.9. The molecule has 1 heterocycles. The first kappa shape index (κ1) is 36.0. The lowest BCUT2D eigenvalue weighted by molar-refractivity contribution is -0.263. The second-order valence-electron chi connectivity index (χ2n) is 13.4. The molecular formula is C36H46Cl2N2O7. The third-order valence-electron chi connectivity index (χ3n) is 9.48. The van der Waals surface area contributed by atoms with Gasteiger partial charge >= 0.3 is 0 Å². The number of hydrogen-bond donors (Lipinski definition) is 2. The summed E-state index contributed by atoms with van der Waals surface area (Å²) in [6, 6.07) is 14.5. The molecule has 2 saturated carbocycles. The van der Waals surface area contributed by atoms with Crippen molar-refractivity contribution < 1.29 is 34.0 Å². The van der Waals surface area contributed by atoms with E-state index < -0.39 is 22.5 Å². The van der Waals surface area contributed by atoms with Crippen LogP contribution in [0.25, 0.3) is 0 Å². The van der Waals surface area contributed by atoms with Gasteiger partial charge in [0.1, 0.15) is 5.41 Å². The summed E-state index contributed by atoms with van der Waals surface area (Å²) in [4.78, 5) is 21.2. The van der Waals surface area contributed by atoms with Crippen molar-refractivity contribution in [3.63, 3.8) is 0 Å². The zero-order valence-corrected chi connectivity index (χ0v) is 29.1. The van der Waals surface area contributed by atoms with Crippen LogP contribution in [0.2, 0.25) is 10.0 Å². The van der Waals surface area contributed by atoms with E-state index in [-0.39, 0.29) is 62.8 Å². The number of ether oxygens (including phenoxy) is 4. The lowest BCUT2D eigenvalue weighted by Gasteiger charge is -2.48. The van der Waals surface area contributed by atoms with E-state index >= 15 is 0 Å². The van der Waals surface area contributed by atoms with Crippen LogP contribution in [0, 0.1) is 11.8 Å². The first-order valence-electron chi connectivity index (χ1n) is 16.2. The summed E-state index contributed by atoms with van der Waals surface area (Å²) in [5, 5.41) is 23.9. The Labute approximate surface area is 287 Å². The maximum Gasteiger partial charge on any atom is 0.287 e. The Morgan fingerprint density at radius 3 is 1.62 bits per heavy atom. The number of carbonyl (C=O) groups is 1. The van der Waals surface area contributed by atoms with Gasteiger partial charge in [-0.15, -0.1) is 0 Å². The molecule has 5 rings (SSSR count). The number of hydrogen-bond acceptors (Lipinski definition) is 8. The van der Waals surface area contributed by atoms with Crippen molar-refractivity contribution in [1.82, 2.24) is 4.90 Å². The fourth-order valence-electron chi connectivity index (χ4n) is 6.55. The maximum absolute atomic E-state index is 14.7. The Bertz CT molecular complexity index is 1350. The van der Waals surface area contributed by atoms with Crippen LogP contribution in [0.4, 0.5) is 0 Å². The minimum Gasteiger partial charge on any atom is -0.388 e. The summed E-state index contributed by atoms with van der Waals surface area (Å²) in [6.07, 6.45) is 6.88. The van der Waals surface area contributed by atoms with E-state index in [4.69, 9.17) is 47.1 Å². The number of halogens is 2. The molecular weight excluding hydrogens is 643 g/mol. The van der Waals surface area contributed by atoms with Crippen molar-refractivity contribution in [3.05, 3.63) is 81.4 Å². The number of amides is 1. The van der Waals surface area contributed by atoms with Gasteiger partial charge in [0, 0.05) is 43.6 Å². The minimum absolute atomic E-state index is 0.0687. The normalized spacial score (nSPS) is 21.1. The number of rotatable bonds is 17. The Morgan fingerprint density at radius 1 is 0.809 bits per heavy atom. The largest absolute Gasteiger partial charge is 0.388 e. The van der Waals surface area contributed by atoms with Crippen LogP contribution in [0.15, 0.2) is 65.2 Å². The minimum atomic E-state index is -1.71. The van der Waals surface area contributed by atoms with Gasteiger partial charge in [-0.05, 0) is 92.8 Å². The third kappa shape index (κ3) is 7.94. The second-order valence-corrected chi connectivity index (χ2v) is 14.2. The van der Waals surface area contributed by atoms with Crippen LogP contribution in [0.5, 0.6) is 0 Å². The van der Waals surface area contributed by atoms with Gasteiger partial charge in [0.25, 0.3) is 11.8 Å². The Morgan fingerprint density at radius 2 is 1.23 bits per heavy atom.